The summed E-state index contributed by atoms with van der Waals surface area (Å²) in [5.74, 6) is 0.166. The number of carbonyl (C=O) groups excluding carboxylic acids is 1. The van der Waals surface area contributed by atoms with Crippen molar-refractivity contribution in [1.29, 1.82) is 0 Å². The number of aromatic nitrogens is 2. The predicted octanol–water partition coefficient (Wildman–Crippen LogP) is 3.95. The summed E-state index contributed by atoms with van der Waals surface area (Å²) in [7, 11) is 1.74. The Kier molecular flexibility index (Phi) is 5.31. The van der Waals surface area contributed by atoms with Crippen LogP contribution >= 0.6 is 0 Å². The average molecular weight is 384 g/mol. The number of rotatable bonds is 6. The molecule has 2 aromatic heterocycles. The van der Waals surface area contributed by atoms with E-state index in [1.807, 2.05) is 0 Å². The van der Waals surface area contributed by atoms with E-state index in [1.54, 1.807) is 35.9 Å². The quantitative estimate of drug-likeness (QED) is 0.647. The summed E-state index contributed by atoms with van der Waals surface area (Å²) in [6, 6.07) is 7.97. The largest absolute Gasteiger partial charge is 0.381 e. The molecule has 1 aliphatic rings. The van der Waals surface area contributed by atoms with E-state index < -0.39 is 5.82 Å². The maximum absolute atomic E-state index is 13.8. The van der Waals surface area contributed by atoms with Crippen LogP contribution in [0, 0.1) is 11.7 Å². The van der Waals surface area contributed by atoms with Crippen LogP contribution in [0.3, 0.4) is 0 Å². The molecule has 1 fully saturated rings. The fourth-order valence-electron chi connectivity index (χ4n) is 4.38. The second-order valence-corrected chi connectivity index (χ2v) is 7.72. The molecule has 1 aromatic carbocycles. The van der Waals surface area contributed by atoms with Crippen LogP contribution in [0.4, 0.5) is 4.39 Å². The lowest BCUT2D eigenvalue weighted by Crippen LogP contribution is -2.25. The maximum Gasteiger partial charge on any atom is 0.275 e. The van der Waals surface area contributed by atoms with E-state index in [1.165, 1.54) is 16.7 Å². The zero-order chi connectivity index (χ0) is 19.7. The summed E-state index contributed by atoms with van der Waals surface area (Å²) in [6.45, 7) is 0.271. The van der Waals surface area contributed by atoms with E-state index in [0.29, 0.717) is 29.5 Å². The van der Waals surface area contributed by atoms with Crippen molar-refractivity contribution in [2.75, 3.05) is 7.11 Å². The second-order valence-electron chi connectivity index (χ2n) is 7.72. The molecule has 1 aliphatic carbocycles. The number of Topliss-reactive ketones (excluding diaryl/α,β-unsaturated/α-hetero) is 1. The minimum Gasteiger partial charge on any atom is -0.381 e. The Morgan fingerprint density at radius 2 is 1.93 bits per heavy atom. The number of fused-ring (bicyclic) bond motifs is 3. The number of nitrogens with zero attached hydrogens (tertiary/aromatic N) is 2. The molecule has 0 unspecified atom stereocenters. The molecule has 28 heavy (non-hydrogen) atoms. The third-order valence-corrected chi connectivity index (χ3v) is 5.96. The first kappa shape index (κ1) is 18.9. The lowest BCUT2D eigenvalue weighted by atomic mass is 9.84. The number of carbonyl (C=O) groups is 1. The van der Waals surface area contributed by atoms with Gasteiger partial charge >= 0.3 is 0 Å². The van der Waals surface area contributed by atoms with Crippen molar-refractivity contribution >= 4 is 22.3 Å². The molecule has 0 N–H and O–H groups in total. The predicted molar refractivity (Wildman–Crippen MR) is 106 cm³/mol. The van der Waals surface area contributed by atoms with Gasteiger partial charge in [0.05, 0.1) is 17.1 Å². The highest BCUT2D eigenvalue weighted by molar-refractivity contribution is 5.81. The Bertz CT molecular complexity index is 1060. The maximum atomic E-state index is 13.8. The number of halogens is 1. The molecule has 0 spiro atoms. The van der Waals surface area contributed by atoms with Crippen LogP contribution in [-0.4, -0.2) is 28.0 Å². The average Bonchev–Trinajstić information content (AvgIpc) is 3.18. The standard InChI is InChI=1S/C22H25FN2O3/c1-28-18-7-4-15(5-8-18)13-17(26)10-12-25-21-14-16(23)6-9-19(21)24-11-2-3-20(24)22(25)27/h2-3,6,9,11,14-15,18H,4-5,7-8,10,12-13H2,1H3. The highest BCUT2D eigenvalue weighted by atomic mass is 19.1. The number of ether oxygens (including phenoxy) is 1. The molecule has 0 bridgehead atoms. The van der Waals surface area contributed by atoms with Crippen LogP contribution in [0.15, 0.2) is 41.3 Å². The first-order valence-corrected chi connectivity index (χ1v) is 9.90. The highest BCUT2D eigenvalue weighted by Crippen LogP contribution is 2.28. The Labute approximate surface area is 162 Å². The molecule has 4 rings (SSSR count). The van der Waals surface area contributed by atoms with Gasteiger partial charge < -0.3 is 13.7 Å². The van der Waals surface area contributed by atoms with E-state index in [0.717, 1.165) is 31.2 Å². The van der Waals surface area contributed by atoms with Gasteiger partial charge in [0.1, 0.15) is 17.1 Å². The van der Waals surface area contributed by atoms with E-state index in [-0.39, 0.29) is 24.3 Å². The van der Waals surface area contributed by atoms with Crippen molar-refractivity contribution in [2.45, 2.75) is 51.2 Å². The number of hydrogen-bond acceptors (Lipinski definition) is 3. The number of aryl methyl sites for hydroxylation is 1. The third kappa shape index (κ3) is 3.61. The van der Waals surface area contributed by atoms with Crippen molar-refractivity contribution in [3.8, 4) is 0 Å². The number of benzene rings is 1. The second kappa shape index (κ2) is 7.87. The summed E-state index contributed by atoms with van der Waals surface area (Å²) >= 11 is 0. The summed E-state index contributed by atoms with van der Waals surface area (Å²) < 4.78 is 22.5. The van der Waals surface area contributed by atoms with Crippen LogP contribution in [-0.2, 0) is 16.1 Å². The molecule has 0 aliphatic heterocycles. The van der Waals surface area contributed by atoms with Crippen LogP contribution in [0.2, 0.25) is 0 Å². The Morgan fingerprint density at radius 1 is 1.14 bits per heavy atom. The molecule has 5 nitrogen and oxygen atoms in total. The van der Waals surface area contributed by atoms with E-state index in [4.69, 9.17) is 4.74 Å². The van der Waals surface area contributed by atoms with E-state index >= 15 is 0 Å². The molecular formula is C22H25FN2O3. The number of hydrogen-bond donors (Lipinski definition) is 0. The molecule has 0 atom stereocenters. The fourth-order valence-corrected chi connectivity index (χ4v) is 4.38. The minimum atomic E-state index is -0.395. The Hall–Kier alpha value is -2.47. The smallest absolute Gasteiger partial charge is 0.275 e. The van der Waals surface area contributed by atoms with Gasteiger partial charge in [-0.25, -0.2) is 4.39 Å². The molecule has 1 saturated carbocycles. The number of methoxy groups -OCH3 is 1. The van der Waals surface area contributed by atoms with Gasteiger partial charge in [0.25, 0.3) is 5.56 Å². The van der Waals surface area contributed by atoms with Crippen molar-refractivity contribution in [3.63, 3.8) is 0 Å². The van der Waals surface area contributed by atoms with Gasteiger partial charge in [-0.3, -0.25) is 9.59 Å². The van der Waals surface area contributed by atoms with Gasteiger partial charge in [-0.15, -0.1) is 0 Å². The Morgan fingerprint density at radius 3 is 2.68 bits per heavy atom. The van der Waals surface area contributed by atoms with Crippen LogP contribution < -0.4 is 5.56 Å². The van der Waals surface area contributed by atoms with Gasteiger partial charge in [-0.1, -0.05) is 0 Å². The molecule has 6 heteroatoms. The Balaban J connectivity index is 1.52. The molecule has 0 saturated heterocycles. The van der Waals surface area contributed by atoms with Gasteiger partial charge in [-0.2, -0.15) is 0 Å². The summed E-state index contributed by atoms with van der Waals surface area (Å²) in [5.41, 5.74) is 1.61. The van der Waals surface area contributed by atoms with Crippen molar-refractivity contribution in [2.24, 2.45) is 5.92 Å². The molecule has 148 valence electrons. The SMILES string of the molecule is COC1CCC(CC(=O)CCn2c(=O)c3cccn3c3ccc(F)cc32)CC1. The summed E-state index contributed by atoms with van der Waals surface area (Å²) in [6.07, 6.45) is 6.97. The summed E-state index contributed by atoms with van der Waals surface area (Å²) in [5, 5.41) is 0. The molecule has 0 amide bonds. The first-order chi connectivity index (χ1) is 13.6. The van der Waals surface area contributed by atoms with Crippen molar-refractivity contribution < 1.29 is 13.9 Å². The van der Waals surface area contributed by atoms with Crippen LogP contribution in [0.1, 0.15) is 38.5 Å². The molecule has 3 aromatic rings. The van der Waals surface area contributed by atoms with Crippen molar-refractivity contribution in [3.05, 3.63) is 52.7 Å². The zero-order valence-electron chi connectivity index (χ0n) is 16.1. The van der Waals surface area contributed by atoms with E-state index in [9.17, 15) is 14.0 Å². The summed E-state index contributed by atoms with van der Waals surface area (Å²) in [4.78, 5) is 25.4. The topological polar surface area (TPSA) is 52.7 Å². The third-order valence-electron chi connectivity index (χ3n) is 5.96. The lowest BCUT2D eigenvalue weighted by Gasteiger charge is -2.27. The number of ketones is 1. The molecule has 2 heterocycles. The van der Waals surface area contributed by atoms with Gasteiger partial charge in [0.2, 0.25) is 0 Å². The molecule has 0 radical (unpaired) electrons. The van der Waals surface area contributed by atoms with Crippen LogP contribution in [0.5, 0.6) is 0 Å². The zero-order valence-corrected chi connectivity index (χ0v) is 16.1. The fraction of sp³-hybridized carbons (Fsp3) is 0.455. The van der Waals surface area contributed by atoms with Crippen molar-refractivity contribution in [1.82, 2.24) is 8.97 Å². The van der Waals surface area contributed by atoms with E-state index in [2.05, 4.69) is 0 Å². The monoisotopic (exact) mass is 384 g/mol. The lowest BCUT2D eigenvalue weighted by molar-refractivity contribution is -0.120. The minimum absolute atomic E-state index is 0.160. The molecular weight excluding hydrogens is 359 g/mol. The normalized spacial score (nSPS) is 20.1. The van der Waals surface area contributed by atoms with Gasteiger partial charge in [-0.05, 0) is 61.9 Å². The van der Waals surface area contributed by atoms with Gasteiger partial charge in [0, 0.05) is 32.7 Å². The van der Waals surface area contributed by atoms with Gasteiger partial charge in [0.15, 0.2) is 0 Å². The first-order valence-electron chi connectivity index (χ1n) is 9.90. The van der Waals surface area contributed by atoms with Crippen LogP contribution in [0.25, 0.3) is 16.6 Å². The highest BCUT2D eigenvalue weighted by Gasteiger charge is 2.23.